The van der Waals surface area contributed by atoms with Crippen LogP contribution in [0.3, 0.4) is 0 Å². The third kappa shape index (κ3) is 5.01. The molecule has 0 radical (unpaired) electrons. The number of rotatable bonds is 8. The van der Waals surface area contributed by atoms with Crippen LogP contribution in [0.1, 0.15) is 5.82 Å². The zero-order valence-electron chi connectivity index (χ0n) is 19.5. The lowest BCUT2D eigenvalue weighted by atomic mass is 9.71. The molecule has 4 rings (SSSR count). The van der Waals surface area contributed by atoms with Crippen molar-refractivity contribution in [3.63, 3.8) is 0 Å². The van der Waals surface area contributed by atoms with Crippen LogP contribution in [0.5, 0.6) is 0 Å². The average molecular weight is 539 g/mol. The third-order valence-corrected chi connectivity index (χ3v) is 8.43. The van der Waals surface area contributed by atoms with Gasteiger partial charge in [0.25, 0.3) is 5.91 Å². The van der Waals surface area contributed by atoms with Crippen molar-refractivity contribution >= 4 is 51.8 Å². The van der Waals surface area contributed by atoms with E-state index in [-0.39, 0.29) is 22.2 Å². The van der Waals surface area contributed by atoms with Crippen molar-refractivity contribution < 1.29 is 39.0 Å². The number of nitrogens with one attached hydrogen (secondary N) is 1. The summed E-state index contributed by atoms with van der Waals surface area (Å²) in [4.78, 5) is 46.4. The Balaban J connectivity index is 1.47. The van der Waals surface area contributed by atoms with Gasteiger partial charge < -0.3 is 40.5 Å². The molecule has 15 heteroatoms. The zero-order valence-corrected chi connectivity index (χ0v) is 21.1. The number of nitrogens with zero attached hydrogens (tertiary/aromatic N) is 4. The molecule has 1 saturated heterocycles. The van der Waals surface area contributed by atoms with Crippen LogP contribution in [0.25, 0.3) is 0 Å². The molecule has 1 saturated carbocycles. The normalized spacial score (nSPS) is 29.7. The van der Waals surface area contributed by atoms with E-state index in [1.165, 1.54) is 18.9 Å². The van der Waals surface area contributed by atoms with Crippen LogP contribution in [-0.4, -0.2) is 110 Å². The highest BCUT2D eigenvalue weighted by molar-refractivity contribution is 8.00. The van der Waals surface area contributed by atoms with Gasteiger partial charge in [-0.05, 0) is 17.2 Å². The number of aliphatic carboxylic acids is 1. The van der Waals surface area contributed by atoms with Gasteiger partial charge in [0, 0.05) is 22.5 Å². The molecule has 2 aliphatic heterocycles. The number of aliphatic hydroxyl groups excluding tert-OH is 2. The van der Waals surface area contributed by atoms with Crippen molar-refractivity contribution in [2.45, 2.75) is 23.5 Å². The second-order valence-corrected chi connectivity index (χ2v) is 11.1. The first-order valence-corrected chi connectivity index (χ1v) is 12.8. The van der Waals surface area contributed by atoms with E-state index in [0.29, 0.717) is 35.4 Å². The average Bonchev–Trinajstić information content (AvgIpc) is 3.36. The summed E-state index contributed by atoms with van der Waals surface area (Å²) in [5.74, 6) is -3.29. The second-order valence-electron chi connectivity index (χ2n) is 9.12. The molecular formula is C21H26N6O7S2. The van der Waals surface area contributed by atoms with Gasteiger partial charge in [-0.3, -0.25) is 9.59 Å². The molecule has 1 unspecified atom stereocenters. The molecular weight excluding hydrogens is 512 g/mol. The van der Waals surface area contributed by atoms with Crippen LogP contribution in [0, 0.1) is 5.92 Å². The summed E-state index contributed by atoms with van der Waals surface area (Å²) in [6.45, 7) is 1.24. The highest BCUT2D eigenvalue weighted by Crippen LogP contribution is 2.45. The topological polar surface area (TPSA) is 200 Å². The van der Waals surface area contributed by atoms with Crippen LogP contribution in [0.4, 0.5) is 5.13 Å². The molecule has 3 aliphatic rings. The standard InChI is InChI=1S/C21H26N6O7S2/c1-27(6-10(28)11(29)7-27)5-3-4-9-8-35-17-13(12(9)20(32)33)16(30)14(17)23-19(31)15(25-34-2)18-24-21(22)36-26-18/h3-4,10-11,13-14,17,28-29H,5-8H2,1-2H3,(H3-,22,23,24,26,31,32,33)/b4-3+,25-15-/t10-,11-,13?,14+,17-/m0/s1. The van der Waals surface area contributed by atoms with Crippen LogP contribution in [-0.2, 0) is 19.2 Å². The molecule has 0 aromatic carbocycles. The van der Waals surface area contributed by atoms with E-state index in [1.807, 2.05) is 7.05 Å². The Labute approximate surface area is 214 Å². The van der Waals surface area contributed by atoms with E-state index in [1.54, 1.807) is 12.2 Å². The Morgan fingerprint density at radius 3 is 2.64 bits per heavy atom. The Bertz CT molecular complexity index is 1160. The molecule has 1 aliphatic carbocycles. The number of nitrogen functional groups attached to an aromatic ring is 1. The fourth-order valence-corrected chi connectivity index (χ4v) is 6.65. The number of Topliss-reactive ketones (excluding diaryl/α,β-unsaturated/α-hetero) is 1. The summed E-state index contributed by atoms with van der Waals surface area (Å²) in [6, 6.07) is -0.928. The number of carbonyl (C=O) groups excluding carboxylic acids is 3. The maximum atomic E-state index is 13.0. The van der Waals surface area contributed by atoms with Crippen molar-refractivity contribution in [3.8, 4) is 0 Å². The van der Waals surface area contributed by atoms with E-state index in [4.69, 9.17) is 10.6 Å². The maximum Gasteiger partial charge on any atom is 0.277 e. The maximum absolute atomic E-state index is 13.0. The third-order valence-electron chi connectivity index (χ3n) is 6.48. The summed E-state index contributed by atoms with van der Waals surface area (Å²) in [5.41, 5.74) is 5.70. The summed E-state index contributed by atoms with van der Waals surface area (Å²) in [7, 11) is 3.13. The first kappa shape index (κ1) is 26.2. The number of anilines is 1. The second kappa shape index (κ2) is 10.3. The number of hydrogen-bond donors (Lipinski definition) is 4. The molecule has 1 aromatic rings. The summed E-state index contributed by atoms with van der Waals surface area (Å²) in [6.07, 6.45) is 1.85. The Kier molecular flexibility index (Phi) is 7.47. The summed E-state index contributed by atoms with van der Waals surface area (Å²) < 4.78 is 4.34. The van der Waals surface area contributed by atoms with Crippen molar-refractivity contribution in [3.05, 3.63) is 29.1 Å². The number of thioether (sulfide) groups is 1. The lowest BCUT2D eigenvalue weighted by molar-refractivity contribution is -0.894. The fourth-order valence-electron chi connectivity index (χ4n) is 4.74. The Morgan fingerprint density at radius 2 is 2.06 bits per heavy atom. The van der Waals surface area contributed by atoms with Gasteiger partial charge in [0.15, 0.2) is 10.9 Å². The molecule has 5 atom stereocenters. The predicted octanol–water partition coefficient (Wildman–Crippen LogP) is -2.95. The molecule has 0 bridgehead atoms. The fraction of sp³-hybridized carbons (Fsp3) is 0.524. The number of likely N-dealkylation sites (N-methyl/N-ethyl adjacent to an activating group) is 1. The number of quaternary nitrogens is 1. The summed E-state index contributed by atoms with van der Waals surface area (Å²) >= 11 is 2.23. The van der Waals surface area contributed by atoms with E-state index >= 15 is 0 Å². The number of aliphatic hydroxyl groups is 2. The predicted molar refractivity (Wildman–Crippen MR) is 129 cm³/mol. The summed E-state index contributed by atoms with van der Waals surface area (Å²) in [5, 5.41) is 37.5. The first-order valence-electron chi connectivity index (χ1n) is 11.0. The van der Waals surface area contributed by atoms with Crippen LogP contribution >= 0.6 is 23.3 Å². The molecule has 5 N–H and O–H groups in total. The SMILES string of the molecule is CO/N=C(\C(=O)N[C@@H]1C(=O)C2C(C(=O)[O-])=C(/C=C/C[N+]3(C)C[C@H](O)[C@@H](O)C3)CS[C@@H]21)c1nsc(N)n1. The van der Waals surface area contributed by atoms with Gasteiger partial charge in [-0.2, -0.15) is 21.1 Å². The number of oxime groups is 1. The number of fused-ring (bicyclic) bond motifs is 1. The number of carbonyl (C=O) groups is 3. The van der Waals surface area contributed by atoms with E-state index in [9.17, 15) is 29.7 Å². The van der Waals surface area contributed by atoms with Crippen molar-refractivity contribution in [1.82, 2.24) is 14.7 Å². The number of ketones is 1. The number of likely N-dealkylation sites (tertiary alicyclic amines) is 1. The number of aromatic nitrogens is 2. The van der Waals surface area contributed by atoms with Crippen LogP contribution in [0.15, 0.2) is 28.5 Å². The Morgan fingerprint density at radius 1 is 1.36 bits per heavy atom. The molecule has 3 heterocycles. The minimum absolute atomic E-state index is 0.0476. The molecule has 194 valence electrons. The molecule has 2 fully saturated rings. The van der Waals surface area contributed by atoms with E-state index < -0.39 is 47.1 Å². The van der Waals surface area contributed by atoms with Crippen molar-refractivity contribution in [1.29, 1.82) is 0 Å². The molecule has 0 spiro atoms. The van der Waals surface area contributed by atoms with Crippen molar-refractivity contribution in [2.24, 2.45) is 11.1 Å². The van der Waals surface area contributed by atoms with Gasteiger partial charge in [0.1, 0.15) is 38.4 Å². The van der Waals surface area contributed by atoms with E-state index in [0.717, 1.165) is 11.5 Å². The molecule has 13 nitrogen and oxygen atoms in total. The van der Waals surface area contributed by atoms with Crippen LogP contribution < -0.4 is 16.2 Å². The lowest BCUT2D eigenvalue weighted by Crippen LogP contribution is -2.66. The number of amides is 1. The van der Waals surface area contributed by atoms with E-state index in [2.05, 4.69) is 19.8 Å². The molecule has 1 amide bonds. The number of hydrogen-bond acceptors (Lipinski definition) is 13. The number of allylic oxidation sites excluding steroid dienone is 1. The minimum Gasteiger partial charge on any atom is -0.545 e. The first-order chi connectivity index (χ1) is 17.0. The van der Waals surface area contributed by atoms with Gasteiger partial charge in [0.2, 0.25) is 11.5 Å². The number of carboxylic acids is 1. The quantitative estimate of drug-likeness (QED) is 0.150. The monoisotopic (exact) mass is 538 g/mol. The largest absolute Gasteiger partial charge is 0.545 e. The van der Waals surface area contributed by atoms with Gasteiger partial charge >= 0.3 is 0 Å². The lowest BCUT2D eigenvalue weighted by Gasteiger charge is -2.47. The van der Waals surface area contributed by atoms with Crippen LogP contribution in [0.2, 0.25) is 0 Å². The smallest absolute Gasteiger partial charge is 0.277 e. The highest BCUT2D eigenvalue weighted by atomic mass is 32.2. The molecule has 36 heavy (non-hydrogen) atoms. The number of nitrogens with two attached hydrogens (primary N) is 1. The highest BCUT2D eigenvalue weighted by Gasteiger charge is 2.55. The van der Waals surface area contributed by atoms with Gasteiger partial charge in [-0.15, -0.1) is 0 Å². The van der Waals surface area contributed by atoms with Gasteiger partial charge in [-0.25, -0.2) is 0 Å². The van der Waals surface area contributed by atoms with Crippen molar-refractivity contribution in [2.75, 3.05) is 45.3 Å². The molecule has 1 aromatic heterocycles. The number of carboxylic acid groups (broad SMARTS) is 1. The van der Waals surface area contributed by atoms with Gasteiger partial charge in [0.05, 0.1) is 25.5 Å². The van der Waals surface area contributed by atoms with Gasteiger partial charge in [-0.1, -0.05) is 11.2 Å². The zero-order chi connectivity index (χ0) is 26.2. The minimum atomic E-state index is -1.43. The Hall–Kier alpha value is -2.85.